The van der Waals surface area contributed by atoms with Gasteiger partial charge in [0.2, 0.25) is 11.8 Å². The van der Waals surface area contributed by atoms with Crippen LogP contribution in [0.2, 0.25) is 0 Å². The van der Waals surface area contributed by atoms with Crippen molar-refractivity contribution in [3.63, 3.8) is 0 Å². The SMILES string of the molecule is CCC1CCCCN1CCCNC(=O)CN1C(=O)CCCc2ccccc21. The summed E-state index contributed by atoms with van der Waals surface area (Å²) in [4.78, 5) is 29.1. The monoisotopic (exact) mass is 371 g/mol. The highest BCUT2D eigenvalue weighted by Crippen LogP contribution is 2.26. The number of para-hydroxylation sites is 1. The number of nitrogens with zero attached hydrogens (tertiary/aromatic N) is 2. The molecule has 0 saturated carbocycles. The number of aryl methyl sites for hydroxylation is 1. The smallest absolute Gasteiger partial charge is 0.240 e. The van der Waals surface area contributed by atoms with E-state index in [2.05, 4.69) is 23.2 Å². The van der Waals surface area contributed by atoms with Gasteiger partial charge in [0.25, 0.3) is 0 Å². The van der Waals surface area contributed by atoms with E-state index in [1.807, 2.05) is 18.2 Å². The van der Waals surface area contributed by atoms with E-state index in [1.54, 1.807) is 4.90 Å². The van der Waals surface area contributed by atoms with Gasteiger partial charge in [-0.15, -0.1) is 0 Å². The molecule has 2 aliphatic rings. The zero-order valence-electron chi connectivity index (χ0n) is 16.6. The summed E-state index contributed by atoms with van der Waals surface area (Å²) in [6, 6.07) is 8.65. The first-order chi connectivity index (χ1) is 13.2. The molecule has 0 radical (unpaired) electrons. The normalized spacial score (nSPS) is 20.9. The second-order valence-electron chi connectivity index (χ2n) is 7.76. The third kappa shape index (κ3) is 5.32. The summed E-state index contributed by atoms with van der Waals surface area (Å²) in [6.07, 6.45) is 8.37. The summed E-state index contributed by atoms with van der Waals surface area (Å²) in [5.41, 5.74) is 2.06. The largest absolute Gasteiger partial charge is 0.355 e. The van der Waals surface area contributed by atoms with Gasteiger partial charge in [-0.3, -0.25) is 9.59 Å². The molecule has 1 aromatic carbocycles. The molecule has 1 unspecified atom stereocenters. The second-order valence-corrected chi connectivity index (χ2v) is 7.76. The first-order valence-electron chi connectivity index (χ1n) is 10.6. The van der Waals surface area contributed by atoms with E-state index in [1.165, 1.54) is 32.2 Å². The van der Waals surface area contributed by atoms with Crippen LogP contribution >= 0.6 is 0 Å². The van der Waals surface area contributed by atoms with Crippen molar-refractivity contribution in [3.8, 4) is 0 Å². The maximum Gasteiger partial charge on any atom is 0.240 e. The number of carbonyl (C=O) groups is 2. The fourth-order valence-corrected chi connectivity index (χ4v) is 4.38. The van der Waals surface area contributed by atoms with Crippen LogP contribution in [0.3, 0.4) is 0 Å². The molecule has 27 heavy (non-hydrogen) atoms. The molecule has 1 N–H and O–H groups in total. The first kappa shape index (κ1) is 19.9. The van der Waals surface area contributed by atoms with Crippen molar-refractivity contribution in [2.45, 2.75) is 64.3 Å². The van der Waals surface area contributed by atoms with Gasteiger partial charge in [0.1, 0.15) is 6.54 Å². The van der Waals surface area contributed by atoms with Gasteiger partial charge in [-0.05, 0) is 56.7 Å². The Morgan fingerprint density at radius 3 is 2.89 bits per heavy atom. The van der Waals surface area contributed by atoms with Crippen molar-refractivity contribution in [3.05, 3.63) is 29.8 Å². The number of fused-ring (bicyclic) bond motifs is 1. The predicted molar refractivity (Wildman–Crippen MR) is 109 cm³/mol. The number of carbonyl (C=O) groups excluding carboxylic acids is 2. The van der Waals surface area contributed by atoms with Crippen LogP contribution in [0, 0.1) is 0 Å². The predicted octanol–water partition coefficient (Wildman–Crippen LogP) is 3.13. The van der Waals surface area contributed by atoms with E-state index in [9.17, 15) is 9.59 Å². The Hall–Kier alpha value is -1.88. The molecule has 1 atom stereocenters. The fraction of sp³-hybridized carbons (Fsp3) is 0.636. The zero-order valence-corrected chi connectivity index (χ0v) is 16.6. The lowest BCUT2D eigenvalue weighted by atomic mass is 10.00. The summed E-state index contributed by atoms with van der Waals surface area (Å²) >= 11 is 0. The number of anilines is 1. The molecular formula is C22H33N3O2. The van der Waals surface area contributed by atoms with Crippen LogP contribution in [0.25, 0.3) is 0 Å². The van der Waals surface area contributed by atoms with Gasteiger partial charge < -0.3 is 15.1 Å². The van der Waals surface area contributed by atoms with Crippen LogP contribution in [0.5, 0.6) is 0 Å². The van der Waals surface area contributed by atoms with Gasteiger partial charge in [-0.2, -0.15) is 0 Å². The Labute approximate surface area is 163 Å². The number of hydrogen-bond acceptors (Lipinski definition) is 3. The molecule has 2 amide bonds. The molecule has 2 aliphatic heterocycles. The first-order valence-corrected chi connectivity index (χ1v) is 10.6. The Morgan fingerprint density at radius 1 is 1.19 bits per heavy atom. The molecule has 1 fully saturated rings. The average Bonchev–Trinajstić information content (AvgIpc) is 2.85. The molecule has 3 rings (SSSR count). The number of likely N-dealkylation sites (tertiary alicyclic amines) is 1. The third-order valence-corrected chi connectivity index (χ3v) is 5.89. The zero-order chi connectivity index (χ0) is 19.1. The number of rotatable bonds is 7. The molecule has 0 aliphatic carbocycles. The van der Waals surface area contributed by atoms with Crippen LogP contribution in [-0.2, 0) is 16.0 Å². The summed E-state index contributed by atoms with van der Waals surface area (Å²) < 4.78 is 0. The molecule has 5 nitrogen and oxygen atoms in total. The molecule has 0 bridgehead atoms. The van der Waals surface area contributed by atoms with E-state index in [0.29, 0.717) is 19.0 Å². The van der Waals surface area contributed by atoms with Crippen LogP contribution in [0.15, 0.2) is 24.3 Å². The number of amides is 2. The number of benzene rings is 1. The molecular weight excluding hydrogens is 338 g/mol. The van der Waals surface area contributed by atoms with Crippen molar-refractivity contribution >= 4 is 17.5 Å². The maximum atomic E-state index is 12.5. The summed E-state index contributed by atoms with van der Waals surface area (Å²) in [7, 11) is 0. The van der Waals surface area contributed by atoms with E-state index >= 15 is 0 Å². The quantitative estimate of drug-likeness (QED) is 0.749. The molecule has 148 valence electrons. The summed E-state index contributed by atoms with van der Waals surface area (Å²) in [5.74, 6) is -0.0139. The maximum absolute atomic E-state index is 12.5. The van der Waals surface area contributed by atoms with E-state index in [4.69, 9.17) is 0 Å². The molecule has 2 heterocycles. The number of piperidine rings is 1. The topological polar surface area (TPSA) is 52.7 Å². The van der Waals surface area contributed by atoms with Gasteiger partial charge in [0.05, 0.1) is 0 Å². The van der Waals surface area contributed by atoms with Crippen molar-refractivity contribution in [1.82, 2.24) is 10.2 Å². The molecule has 1 saturated heterocycles. The van der Waals surface area contributed by atoms with Crippen LogP contribution < -0.4 is 10.2 Å². The van der Waals surface area contributed by atoms with E-state index in [0.717, 1.165) is 37.1 Å². The highest BCUT2D eigenvalue weighted by Gasteiger charge is 2.24. The van der Waals surface area contributed by atoms with Gasteiger partial charge in [0, 0.05) is 31.2 Å². The Morgan fingerprint density at radius 2 is 2.04 bits per heavy atom. The van der Waals surface area contributed by atoms with Gasteiger partial charge in [0.15, 0.2) is 0 Å². The molecule has 5 heteroatoms. The highest BCUT2D eigenvalue weighted by atomic mass is 16.2. The van der Waals surface area contributed by atoms with Crippen LogP contribution in [0.4, 0.5) is 5.69 Å². The fourth-order valence-electron chi connectivity index (χ4n) is 4.38. The van der Waals surface area contributed by atoms with Crippen molar-refractivity contribution in [2.24, 2.45) is 0 Å². The lowest BCUT2D eigenvalue weighted by molar-refractivity contribution is -0.123. The lowest BCUT2D eigenvalue weighted by Crippen LogP contribution is -2.42. The van der Waals surface area contributed by atoms with Crippen LogP contribution in [0.1, 0.15) is 57.4 Å². The Bertz CT molecular complexity index is 646. The van der Waals surface area contributed by atoms with Crippen LogP contribution in [-0.4, -0.2) is 48.9 Å². The van der Waals surface area contributed by atoms with Gasteiger partial charge in [-0.25, -0.2) is 0 Å². The average molecular weight is 372 g/mol. The molecule has 0 aromatic heterocycles. The third-order valence-electron chi connectivity index (χ3n) is 5.89. The highest BCUT2D eigenvalue weighted by molar-refractivity contribution is 5.99. The number of hydrogen-bond donors (Lipinski definition) is 1. The summed E-state index contributed by atoms with van der Waals surface area (Å²) in [5, 5.41) is 3.01. The Balaban J connectivity index is 1.47. The van der Waals surface area contributed by atoms with Crippen molar-refractivity contribution in [2.75, 3.05) is 31.1 Å². The van der Waals surface area contributed by atoms with E-state index in [-0.39, 0.29) is 18.4 Å². The lowest BCUT2D eigenvalue weighted by Gasteiger charge is -2.35. The molecule has 0 spiro atoms. The molecule has 1 aromatic rings. The minimum atomic E-state index is -0.0641. The standard InChI is InChI=1S/C22H33N3O2/c1-2-19-11-5-6-15-24(19)16-8-14-23-21(26)17-25-20-12-4-3-9-18(20)10-7-13-22(25)27/h3-4,9,12,19H,2,5-8,10-11,13-17H2,1H3,(H,23,26). The van der Waals surface area contributed by atoms with Crippen molar-refractivity contribution in [1.29, 1.82) is 0 Å². The van der Waals surface area contributed by atoms with Gasteiger partial charge >= 0.3 is 0 Å². The van der Waals surface area contributed by atoms with E-state index < -0.39 is 0 Å². The minimum Gasteiger partial charge on any atom is -0.355 e. The second kappa shape index (κ2) is 9.88. The Kier molecular flexibility index (Phi) is 7.27. The summed E-state index contributed by atoms with van der Waals surface area (Å²) in [6.45, 7) is 5.29. The van der Waals surface area contributed by atoms with Crippen molar-refractivity contribution < 1.29 is 9.59 Å². The van der Waals surface area contributed by atoms with Gasteiger partial charge in [-0.1, -0.05) is 31.5 Å². The minimum absolute atomic E-state index is 0.0502. The number of nitrogens with one attached hydrogen (secondary N) is 1.